The summed E-state index contributed by atoms with van der Waals surface area (Å²) in [5.41, 5.74) is 2.77. The number of hydrogen-bond donors (Lipinski definition) is 1. The Kier molecular flexibility index (Phi) is 5.71. The molecule has 0 radical (unpaired) electrons. The van der Waals surface area contributed by atoms with E-state index in [0.29, 0.717) is 25.4 Å². The van der Waals surface area contributed by atoms with E-state index in [2.05, 4.69) is 24.3 Å². The number of nitrogens with one attached hydrogen (secondary N) is 1. The number of aromatic nitrogens is 2. The monoisotopic (exact) mass is 346 g/mol. The first-order valence-electron chi connectivity index (χ1n) is 8.90. The van der Waals surface area contributed by atoms with Crippen LogP contribution in [-0.4, -0.2) is 42.1 Å². The van der Waals surface area contributed by atoms with E-state index in [1.165, 1.54) is 0 Å². The lowest BCUT2D eigenvalue weighted by Gasteiger charge is -2.29. The first-order valence-corrected chi connectivity index (χ1v) is 8.90. The number of ether oxygens (including phenoxy) is 1. The fraction of sp³-hybridized carbons (Fsp3) is 0.526. The number of hydrogen-bond acceptors (Lipinski definition) is 4. The van der Waals surface area contributed by atoms with E-state index in [9.17, 15) is 4.39 Å². The maximum absolute atomic E-state index is 14.5. The van der Waals surface area contributed by atoms with E-state index in [4.69, 9.17) is 4.74 Å². The first kappa shape index (κ1) is 17.9. The van der Waals surface area contributed by atoms with Crippen LogP contribution >= 0.6 is 0 Å². The highest BCUT2D eigenvalue weighted by Crippen LogP contribution is 2.22. The zero-order valence-electron chi connectivity index (χ0n) is 15.2. The molecule has 3 rings (SSSR count). The molecule has 2 atom stereocenters. The van der Waals surface area contributed by atoms with Crippen molar-refractivity contribution in [2.24, 2.45) is 0 Å². The van der Waals surface area contributed by atoms with Crippen LogP contribution in [0.25, 0.3) is 0 Å². The minimum absolute atomic E-state index is 0.162. The molecule has 1 N–H and O–H groups in total. The molecular weight excluding hydrogens is 319 g/mol. The second-order valence-electron chi connectivity index (χ2n) is 6.79. The molecule has 25 heavy (non-hydrogen) atoms. The average Bonchev–Trinajstić information content (AvgIpc) is 3.06. The number of anilines is 1. The molecular formula is C19H27FN4O. The molecule has 0 spiro atoms. The summed E-state index contributed by atoms with van der Waals surface area (Å²) >= 11 is 0. The van der Waals surface area contributed by atoms with E-state index < -0.39 is 0 Å². The van der Waals surface area contributed by atoms with Crippen LogP contribution in [0.2, 0.25) is 0 Å². The first-order chi connectivity index (χ1) is 12.0. The molecule has 5 nitrogen and oxygen atoms in total. The van der Waals surface area contributed by atoms with Crippen molar-refractivity contribution in [1.82, 2.24) is 15.1 Å². The number of aryl methyl sites for hydroxylation is 1. The standard InChI is InChI=1S/C19H27FN4O/c1-14-11-22-24(13-14)16(3)15(2)21-12-17-4-5-19(18(20)10-17)23-6-8-25-9-7-23/h4-5,10-11,13,15-16,21H,6-9,12H2,1-3H3/t15-,16-/m0/s1. The van der Waals surface area contributed by atoms with Crippen LogP contribution in [0.15, 0.2) is 30.6 Å². The summed E-state index contributed by atoms with van der Waals surface area (Å²) < 4.78 is 21.8. The lowest BCUT2D eigenvalue weighted by molar-refractivity contribution is 0.122. The van der Waals surface area contributed by atoms with Gasteiger partial charge in [-0.2, -0.15) is 5.10 Å². The fourth-order valence-corrected chi connectivity index (χ4v) is 3.06. The topological polar surface area (TPSA) is 42.3 Å². The van der Waals surface area contributed by atoms with Gasteiger partial charge in [-0.1, -0.05) is 6.07 Å². The van der Waals surface area contributed by atoms with Gasteiger partial charge in [-0.15, -0.1) is 0 Å². The summed E-state index contributed by atoms with van der Waals surface area (Å²) in [4.78, 5) is 2.04. The molecule has 1 saturated heterocycles. The molecule has 1 fully saturated rings. The van der Waals surface area contributed by atoms with E-state index in [0.717, 1.165) is 24.2 Å². The Balaban J connectivity index is 1.58. The van der Waals surface area contributed by atoms with Crippen molar-refractivity contribution in [2.45, 2.75) is 39.4 Å². The highest BCUT2D eigenvalue weighted by Gasteiger charge is 2.17. The fourth-order valence-electron chi connectivity index (χ4n) is 3.06. The van der Waals surface area contributed by atoms with Crippen LogP contribution < -0.4 is 10.2 Å². The van der Waals surface area contributed by atoms with Gasteiger partial charge in [0.2, 0.25) is 0 Å². The molecule has 0 amide bonds. The Hall–Kier alpha value is -1.92. The SMILES string of the molecule is Cc1cnn([C@@H](C)[C@H](C)NCc2ccc(N3CCOCC3)c(F)c2)c1. The predicted molar refractivity (Wildman–Crippen MR) is 97.4 cm³/mol. The molecule has 136 valence electrons. The molecule has 1 aliphatic heterocycles. The van der Waals surface area contributed by atoms with Crippen LogP contribution in [0.3, 0.4) is 0 Å². The Labute approximate surface area is 148 Å². The summed E-state index contributed by atoms with van der Waals surface area (Å²) in [6.07, 6.45) is 3.91. The predicted octanol–water partition coefficient (Wildman–Crippen LogP) is 2.91. The van der Waals surface area contributed by atoms with Gasteiger partial charge in [0.05, 0.1) is 31.1 Å². The molecule has 1 aromatic carbocycles. The third kappa shape index (κ3) is 4.38. The van der Waals surface area contributed by atoms with Crippen molar-refractivity contribution in [3.8, 4) is 0 Å². The van der Waals surface area contributed by atoms with Crippen LogP contribution in [-0.2, 0) is 11.3 Å². The average molecular weight is 346 g/mol. The van der Waals surface area contributed by atoms with Gasteiger partial charge in [-0.05, 0) is 44.0 Å². The van der Waals surface area contributed by atoms with Crippen molar-refractivity contribution in [2.75, 3.05) is 31.2 Å². The number of nitrogens with zero attached hydrogens (tertiary/aromatic N) is 3. The molecule has 0 saturated carbocycles. The zero-order valence-corrected chi connectivity index (χ0v) is 15.2. The maximum Gasteiger partial charge on any atom is 0.146 e. The minimum Gasteiger partial charge on any atom is -0.378 e. The van der Waals surface area contributed by atoms with Gasteiger partial charge in [0, 0.05) is 31.9 Å². The molecule has 1 aliphatic rings. The summed E-state index contributed by atoms with van der Waals surface area (Å²) in [6.45, 7) is 9.72. The van der Waals surface area contributed by atoms with Crippen molar-refractivity contribution < 1.29 is 9.13 Å². The second-order valence-corrected chi connectivity index (χ2v) is 6.79. The molecule has 0 aliphatic carbocycles. The third-order valence-electron chi connectivity index (χ3n) is 4.86. The van der Waals surface area contributed by atoms with Crippen molar-refractivity contribution in [1.29, 1.82) is 0 Å². The summed E-state index contributed by atoms with van der Waals surface area (Å²) in [5, 5.41) is 7.84. The Morgan fingerprint density at radius 1 is 1.28 bits per heavy atom. The number of morpholine rings is 1. The molecule has 2 aromatic rings. The minimum atomic E-state index is -0.162. The smallest absolute Gasteiger partial charge is 0.146 e. The van der Waals surface area contributed by atoms with E-state index >= 15 is 0 Å². The molecule has 2 heterocycles. The van der Waals surface area contributed by atoms with Crippen LogP contribution in [0, 0.1) is 12.7 Å². The van der Waals surface area contributed by atoms with Gasteiger partial charge in [-0.25, -0.2) is 4.39 Å². The van der Waals surface area contributed by atoms with E-state index in [-0.39, 0.29) is 17.9 Å². The van der Waals surface area contributed by atoms with Crippen LogP contribution in [0.4, 0.5) is 10.1 Å². The largest absolute Gasteiger partial charge is 0.378 e. The number of halogens is 1. The summed E-state index contributed by atoms with van der Waals surface area (Å²) in [7, 11) is 0. The van der Waals surface area contributed by atoms with Gasteiger partial charge in [0.25, 0.3) is 0 Å². The van der Waals surface area contributed by atoms with E-state index in [1.54, 1.807) is 6.07 Å². The lowest BCUT2D eigenvalue weighted by atomic mass is 10.1. The second kappa shape index (κ2) is 7.97. The van der Waals surface area contributed by atoms with Gasteiger partial charge < -0.3 is 15.0 Å². The van der Waals surface area contributed by atoms with Gasteiger partial charge >= 0.3 is 0 Å². The van der Waals surface area contributed by atoms with E-state index in [1.807, 2.05) is 41.0 Å². The maximum atomic E-state index is 14.5. The third-order valence-corrected chi connectivity index (χ3v) is 4.86. The molecule has 1 aromatic heterocycles. The van der Waals surface area contributed by atoms with Crippen molar-refractivity contribution in [3.63, 3.8) is 0 Å². The Bertz CT molecular complexity index is 696. The lowest BCUT2D eigenvalue weighted by Crippen LogP contribution is -2.36. The highest BCUT2D eigenvalue weighted by atomic mass is 19.1. The van der Waals surface area contributed by atoms with Crippen LogP contribution in [0.5, 0.6) is 0 Å². The normalized spacial score (nSPS) is 17.5. The Morgan fingerprint density at radius 2 is 2.04 bits per heavy atom. The van der Waals surface area contributed by atoms with Gasteiger partial charge in [-0.3, -0.25) is 4.68 Å². The molecule has 0 bridgehead atoms. The van der Waals surface area contributed by atoms with Gasteiger partial charge in [0.15, 0.2) is 0 Å². The van der Waals surface area contributed by atoms with Crippen LogP contribution in [0.1, 0.15) is 31.0 Å². The molecule has 0 unspecified atom stereocenters. The summed E-state index contributed by atoms with van der Waals surface area (Å²) in [5.74, 6) is -0.162. The molecule has 6 heteroatoms. The quantitative estimate of drug-likeness (QED) is 0.873. The number of rotatable bonds is 6. The van der Waals surface area contributed by atoms with Crippen molar-refractivity contribution >= 4 is 5.69 Å². The number of benzene rings is 1. The zero-order chi connectivity index (χ0) is 17.8. The van der Waals surface area contributed by atoms with Gasteiger partial charge in [0.1, 0.15) is 5.82 Å². The van der Waals surface area contributed by atoms with Crippen molar-refractivity contribution in [3.05, 3.63) is 47.5 Å². The Morgan fingerprint density at radius 3 is 2.68 bits per heavy atom. The summed E-state index contributed by atoms with van der Waals surface area (Å²) in [6, 6.07) is 5.96. The highest BCUT2D eigenvalue weighted by molar-refractivity contribution is 5.49.